The van der Waals surface area contributed by atoms with Gasteiger partial charge >= 0.3 is 23.6 Å². The number of ether oxygens (including phenoxy) is 7. The molecule has 11 rings (SSSR count). The van der Waals surface area contributed by atoms with Crippen LogP contribution in [-0.2, 0) is 87.7 Å². The Kier molecular flexibility index (Phi) is 44.4. The van der Waals surface area contributed by atoms with Crippen LogP contribution in [0.25, 0.3) is 0 Å². The predicted molar refractivity (Wildman–Crippen MR) is 488 cm³/mol. The zero-order chi connectivity index (χ0) is 98.7. The number of benzene rings is 2. The molecule has 49 heteroatoms. The van der Waals surface area contributed by atoms with E-state index in [-0.39, 0.29) is 106 Å². The number of nitrogens with one attached hydrogen (secondary N) is 8. The van der Waals surface area contributed by atoms with Crippen LogP contribution in [0.2, 0.25) is 0 Å². The number of carbonyl (C=O) groups is 4. The second-order valence-corrected chi connectivity index (χ2v) is 39.9. The Morgan fingerprint density at radius 1 is 0.474 bits per heavy atom. The van der Waals surface area contributed by atoms with Crippen LogP contribution in [-0.4, -0.2) is 206 Å². The maximum absolute atomic E-state index is 12.9. The van der Waals surface area contributed by atoms with Gasteiger partial charge in [-0.1, -0.05) is 78.1 Å². The molecule has 11 unspecified atom stereocenters. The highest BCUT2D eigenvalue weighted by Gasteiger charge is 2.41. The van der Waals surface area contributed by atoms with E-state index in [1.807, 2.05) is 62.4 Å². The van der Waals surface area contributed by atoms with E-state index in [2.05, 4.69) is 55.9 Å². The van der Waals surface area contributed by atoms with Gasteiger partial charge in [-0.3, -0.25) is 67.4 Å². The Hall–Kier alpha value is -8.46. The summed E-state index contributed by atoms with van der Waals surface area (Å²) in [6.45, 7) is 8.74. The number of nitrogens with zero attached hydrogens (tertiary/aromatic N) is 4. The van der Waals surface area contributed by atoms with Gasteiger partial charge in [0.15, 0.2) is 0 Å². The molecule has 4 aromatic rings. The zero-order valence-electron chi connectivity index (χ0n) is 78.1. The van der Waals surface area contributed by atoms with Crippen molar-refractivity contribution in [2.75, 3.05) is 92.2 Å². The van der Waals surface area contributed by atoms with Crippen molar-refractivity contribution in [3.8, 4) is 11.5 Å². The molecule has 45 nitrogen and oxygen atoms in total. The molecule has 7 aliphatic rings. The topological polar surface area (TPSA) is 614 Å². The van der Waals surface area contributed by atoms with Gasteiger partial charge in [-0.05, 0) is 156 Å². The number of alkyl carbamates (subject to hydrolysis) is 2. The molecule has 2 aliphatic carbocycles. The fraction of sp³-hybridized carbons (Fsp3) is 0.659. The Morgan fingerprint density at radius 2 is 0.869 bits per heavy atom. The largest absolute Gasteiger partial charge is 0.756 e. The summed E-state index contributed by atoms with van der Waals surface area (Å²) in [5.74, 6) is 1.22. The van der Waals surface area contributed by atoms with Crippen LogP contribution in [0.15, 0.2) is 113 Å². The van der Waals surface area contributed by atoms with Gasteiger partial charge in [0.05, 0.1) is 102 Å². The third kappa shape index (κ3) is 36.5. The van der Waals surface area contributed by atoms with Gasteiger partial charge in [-0.2, -0.15) is 10.2 Å². The normalized spacial score (nSPS) is 24.0. The highest BCUT2D eigenvalue weighted by molar-refractivity contribution is 7.46. The monoisotopic (exact) mass is 2010 g/mol. The number of allylic oxidation sites excluding steroid dienone is 2. The Morgan fingerprint density at radius 3 is 1.30 bits per heavy atom. The molecule has 0 bridgehead atoms. The van der Waals surface area contributed by atoms with E-state index < -0.39 is 174 Å². The number of aryl methyl sites for hydroxylation is 2. The van der Waals surface area contributed by atoms with E-state index in [0.29, 0.717) is 50.3 Å². The van der Waals surface area contributed by atoms with Crippen LogP contribution in [0, 0.1) is 25.7 Å². The second-order valence-electron chi connectivity index (χ2n) is 34.3. The van der Waals surface area contributed by atoms with Gasteiger partial charge in [0.25, 0.3) is 42.4 Å². The maximum atomic E-state index is 12.9. The quantitative estimate of drug-likeness (QED) is 0.0155. The van der Waals surface area contributed by atoms with E-state index in [9.17, 15) is 86.4 Å². The number of carbonyl (C=O) groups excluding carboxylic acids is 4. The first kappa shape index (κ1) is 111. The molecule has 0 spiro atoms. The van der Waals surface area contributed by atoms with E-state index in [1.165, 1.54) is 64.8 Å². The smallest absolute Gasteiger partial charge is 0.407 e. The number of aromatic amines is 2. The molecular weight excluding hydrogens is 1880 g/mol. The fourth-order valence-corrected chi connectivity index (χ4v) is 19.6. The van der Waals surface area contributed by atoms with Crippen molar-refractivity contribution < 1.29 is 137 Å². The van der Waals surface area contributed by atoms with Crippen molar-refractivity contribution in [1.82, 2.24) is 51.2 Å². The summed E-state index contributed by atoms with van der Waals surface area (Å²) in [4.78, 5) is 152. The first-order valence-corrected chi connectivity index (χ1v) is 52.7. The molecule has 7 heterocycles. The highest BCUT2D eigenvalue weighted by atomic mass is 31.2. The molecule has 5 fully saturated rings. The number of fused-ring (bicyclic) bond motifs is 2. The number of hydrogen-bond acceptors (Lipinski definition) is 37. The molecule has 0 radical (unpaired) electrons. The Bertz CT molecular complexity index is 5190. The van der Waals surface area contributed by atoms with E-state index in [1.54, 1.807) is 0 Å². The van der Waals surface area contributed by atoms with Gasteiger partial charge in [0, 0.05) is 112 Å². The maximum Gasteiger partial charge on any atom is 0.407 e. The third-order valence-electron chi connectivity index (χ3n) is 23.8. The van der Waals surface area contributed by atoms with Gasteiger partial charge < -0.3 is 120 Å². The summed E-state index contributed by atoms with van der Waals surface area (Å²) in [6.07, 6.45) is 9.93. The van der Waals surface area contributed by atoms with E-state index in [0.717, 1.165) is 118 Å². The lowest BCUT2D eigenvalue weighted by Crippen LogP contribution is -2.35. The molecule has 764 valence electrons. The number of hydrazone groups is 2. The molecular formula is C88H130N12O33P4-4. The number of aliphatic hydroxyl groups excluding tert-OH is 2. The van der Waals surface area contributed by atoms with Crippen molar-refractivity contribution in [2.45, 2.75) is 270 Å². The first-order valence-electron chi connectivity index (χ1n) is 46.9. The number of phosphoric acid groups is 4. The standard InChI is InChI=1S/C45H68N6O17P2.C43H66N6O16P2/c1-4-5-6-7-10-19-46-40(53)18-22-61-32-15-13-31(14-16-32)42-34-12-9-8-11-33(24-35(34)30(3)49-50-42)66-45(56)47-20-23-63-69(57,58)64-28-39-37(17-21-62-39)68-70(59,60)65-27-38-36(52)25-41(67-38)51-26-29(2)43(54)48-44(51)55;1-4-5-6-7-10-19-44-38(51)18-23-59-32-16-14-31(15-17-32)40-34-13-9-8-12-33(25-35(34)30(3)47-48-40)64-43(54)45-20-24-62-66(55,56)60-21-11-22-61-67(57,58)63-28-37-36(50)26-39(65-37)49-27-29(2)41(52)46-42(49)53/h13-16,26,33-34,36-39,41,49,52H,4-12,17-25,27-28H2,1-3H3,(H,46,53)(H,47,56)(H,57,58)(H,59,60)(H,48,54,55);14-17,27,33-34,36-37,39,47,50H,4-13,18-26,28H2,1-3H3,(H,44,51)(H,45,54)(H,55,56)(H,57,58)(H,46,52,53)/p-4/t33?,34?,36?,37?,38-,39-,41-;33?,34?,36?,37-,39-/m11/s1. The van der Waals surface area contributed by atoms with Crippen molar-refractivity contribution in [1.29, 1.82) is 0 Å². The minimum atomic E-state index is -5.07. The number of phosphoric ester groups is 4. The van der Waals surface area contributed by atoms with Crippen LogP contribution >= 0.6 is 31.3 Å². The lowest BCUT2D eigenvalue weighted by atomic mass is 9.79. The number of aromatic nitrogens is 4. The lowest BCUT2D eigenvalue weighted by molar-refractivity contribution is -0.236. The average Bonchev–Trinajstić information content (AvgIpc) is 1.63. The molecule has 137 heavy (non-hydrogen) atoms. The van der Waals surface area contributed by atoms with Crippen molar-refractivity contribution >= 4 is 66.7 Å². The van der Waals surface area contributed by atoms with Crippen LogP contribution in [0.1, 0.15) is 229 Å². The van der Waals surface area contributed by atoms with Gasteiger partial charge in [0.2, 0.25) is 11.8 Å². The number of hydrogen-bond donors (Lipinski definition) is 10. The predicted octanol–water partition coefficient (Wildman–Crippen LogP) is 7.17. The molecule has 16 atom stereocenters. The molecule has 5 aliphatic heterocycles. The third-order valence-corrected chi connectivity index (χ3v) is 27.7. The molecule has 2 aromatic carbocycles. The Balaban J connectivity index is 0.000000283. The van der Waals surface area contributed by atoms with Gasteiger partial charge in [-0.25, -0.2) is 19.2 Å². The number of unbranched alkanes of at least 4 members (excludes halogenated alkanes) is 8. The summed E-state index contributed by atoms with van der Waals surface area (Å²) in [7, 11) is -19.8. The lowest BCUT2D eigenvalue weighted by Gasteiger charge is -2.33. The Labute approximate surface area is 793 Å². The van der Waals surface area contributed by atoms with Crippen LogP contribution in [0.3, 0.4) is 0 Å². The molecule has 4 amide bonds. The minimum Gasteiger partial charge on any atom is -0.756 e. The zero-order valence-corrected chi connectivity index (χ0v) is 81.7. The second kappa shape index (κ2) is 55.1. The molecule has 2 saturated carbocycles. The van der Waals surface area contributed by atoms with Crippen LogP contribution in [0.5, 0.6) is 11.5 Å². The summed E-state index contributed by atoms with van der Waals surface area (Å²) < 4.78 is 131. The summed E-state index contributed by atoms with van der Waals surface area (Å²) in [6, 6.07) is 15.2. The van der Waals surface area contributed by atoms with E-state index in [4.69, 9.17) is 79.6 Å². The summed E-state index contributed by atoms with van der Waals surface area (Å²) in [5.41, 5.74) is 11.5. The van der Waals surface area contributed by atoms with Crippen molar-refractivity contribution in [3.63, 3.8) is 0 Å². The number of H-pyrrole nitrogens is 2. The average molecular weight is 2010 g/mol. The minimum absolute atomic E-state index is 0.00565. The molecule has 3 saturated heterocycles. The SMILES string of the molecule is CCCCCCCNC(=O)CCOc1ccc(C2=NNC(C)=C3CC(OC(=O)NCCOP(=O)([O-])OCCCOP(=O)([O-])OC[C@H]4O[C@@H](n5cc(C)c(=O)[nH]c5=O)CC4O)CCCCC23)cc1.CCCCCCCNC(=O)CCOc1ccc(C2=NNC(C)=C3CC(OC(=O)NCCOP(=O)([O-])OC[C@H]4OCCC4OP(=O)([O-])OC[C@H]4O[C@@H](n5cc(C)c(=O)[nH]c5=O)CC4O)CCCCC23)cc1. The molecule has 10 N–H and O–H groups in total. The number of rotatable bonds is 51. The van der Waals surface area contributed by atoms with Gasteiger partial charge in [0.1, 0.15) is 54.5 Å². The van der Waals surface area contributed by atoms with Crippen molar-refractivity contribution in [2.24, 2.45) is 22.0 Å². The molecule has 2 aromatic heterocycles. The number of amides is 4. The first-order chi connectivity index (χ1) is 65.5. The highest BCUT2D eigenvalue weighted by Crippen LogP contribution is 2.47. The van der Waals surface area contributed by atoms with Gasteiger partial charge in [-0.15, -0.1) is 0 Å². The van der Waals surface area contributed by atoms with Crippen LogP contribution < -0.4 is 83.7 Å². The summed E-state index contributed by atoms with van der Waals surface area (Å²) in [5, 5.41) is 41.1. The fourth-order valence-electron chi connectivity index (χ4n) is 16.4. The number of aliphatic hydroxyl groups is 2. The summed E-state index contributed by atoms with van der Waals surface area (Å²) >= 11 is 0. The van der Waals surface area contributed by atoms with E-state index >= 15 is 0 Å². The van der Waals surface area contributed by atoms with Crippen molar-refractivity contribution in [3.05, 3.63) is 147 Å². The van der Waals surface area contributed by atoms with Crippen LogP contribution in [0.4, 0.5) is 9.59 Å².